The zero-order valence-corrected chi connectivity index (χ0v) is 10.7. The number of rotatable bonds is 3. The van der Waals surface area contributed by atoms with E-state index in [9.17, 15) is 35.1 Å². The highest BCUT2D eigenvalue weighted by Crippen LogP contribution is 2.39. The first-order chi connectivity index (χ1) is 8.95. The predicted octanol–water partition coefficient (Wildman–Crippen LogP) is 4.83. The van der Waals surface area contributed by atoms with E-state index in [2.05, 4.69) is 25.7 Å². The van der Waals surface area contributed by atoms with Crippen molar-refractivity contribution < 1.29 is 39.9 Å². The Balaban J connectivity index is 3.46. The van der Waals surface area contributed by atoms with Gasteiger partial charge in [0.25, 0.3) is 6.43 Å². The summed E-state index contributed by atoms with van der Waals surface area (Å²) in [7, 11) is 0. The highest BCUT2D eigenvalue weighted by molar-refractivity contribution is 9.08. The summed E-state index contributed by atoms with van der Waals surface area (Å²) in [6.07, 6.45) is -14.0. The molecular weight excluding hydrogens is 370 g/mol. The molecule has 11 heteroatoms. The third kappa shape index (κ3) is 4.18. The summed E-state index contributed by atoms with van der Waals surface area (Å²) in [5, 5.41) is -0.584. The molecule has 0 aliphatic heterocycles. The standard InChI is InChI=1S/C9H4BrF8NO/c10-2-5-4(8(13,14)15)1-3(6(11)12)7(19-5)20-9(16,17)18/h1,6H,2H2. The fraction of sp³-hybridized carbons (Fsp3) is 0.444. The summed E-state index contributed by atoms with van der Waals surface area (Å²) in [4.78, 5) is 2.88. The first-order valence-electron chi connectivity index (χ1n) is 4.66. The number of halogens is 9. The first-order valence-corrected chi connectivity index (χ1v) is 5.78. The molecule has 0 atom stereocenters. The third-order valence-electron chi connectivity index (χ3n) is 1.97. The summed E-state index contributed by atoms with van der Waals surface area (Å²) >= 11 is 2.59. The Morgan fingerprint density at radius 2 is 1.70 bits per heavy atom. The van der Waals surface area contributed by atoms with E-state index in [4.69, 9.17) is 0 Å². The minimum absolute atomic E-state index is 0.102. The van der Waals surface area contributed by atoms with Crippen molar-refractivity contribution in [2.45, 2.75) is 24.3 Å². The molecule has 1 heterocycles. The maximum absolute atomic E-state index is 12.6. The van der Waals surface area contributed by atoms with E-state index in [1.54, 1.807) is 0 Å². The average Bonchev–Trinajstić information content (AvgIpc) is 2.24. The van der Waals surface area contributed by atoms with Crippen LogP contribution in [0.4, 0.5) is 35.1 Å². The zero-order valence-electron chi connectivity index (χ0n) is 9.12. The van der Waals surface area contributed by atoms with Crippen molar-refractivity contribution in [3.8, 4) is 5.88 Å². The van der Waals surface area contributed by atoms with Crippen molar-refractivity contribution in [3.63, 3.8) is 0 Å². The molecule has 0 saturated heterocycles. The lowest BCUT2D eigenvalue weighted by atomic mass is 10.1. The van der Waals surface area contributed by atoms with Crippen LogP contribution in [0.25, 0.3) is 0 Å². The van der Waals surface area contributed by atoms with Crippen molar-refractivity contribution in [2.24, 2.45) is 0 Å². The minimum Gasteiger partial charge on any atom is -0.387 e. The van der Waals surface area contributed by atoms with E-state index in [-0.39, 0.29) is 6.07 Å². The van der Waals surface area contributed by atoms with E-state index in [1.807, 2.05) is 0 Å². The van der Waals surface area contributed by atoms with E-state index >= 15 is 0 Å². The van der Waals surface area contributed by atoms with Crippen LogP contribution in [-0.2, 0) is 11.5 Å². The largest absolute Gasteiger partial charge is 0.574 e. The number of alkyl halides is 9. The van der Waals surface area contributed by atoms with Crippen LogP contribution in [0.15, 0.2) is 6.07 Å². The number of hydrogen-bond donors (Lipinski definition) is 0. The van der Waals surface area contributed by atoms with E-state index < -0.39 is 47.0 Å². The molecule has 0 saturated carbocycles. The molecule has 0 aliphatic carbocycles. The summed E-state index contributed by atoms with van der Waals surface area (Å²) in [6, 6.07) is -0.102. The number of aromatic nitrogens is 1. The van der Waals surface area contributed by atoms with Crippen LogP contribution in [0.3, 0.4) is 0 Å². The molecular formula is C9H4BrF8NO. The van der Waals surface area contributed by atoms with Crippen LogP contribution in [-0.4, -0.2) is 11.3 Å². The highest BCUT2D eigenvalue weighted by Gasteiger charge is 2.39. The van der Waals surface area contributed by atoms with Crippen LogP contribution in [0.5, 0.6) is 5.88 Å². The van der Waals surface area contributed by atoms with Crippen molar-refractivity contribution in [3.05, 3.63) is 22.9 Å². The molecule has 2 nitrogen and oxygen atoms in total. The van der Waals surface area contributed by atoms with Gasteiger partial charge in [-0.3, -0.25) is 0 Å². The molecule has 0 fully saturated rings. The first kappa shape index (κ1) is 16.9. The molecule has 114 valence electrons. The Morgan fingerprint density at radius 3 is 2.05 bits per heavy atom. The molecule has 0 aliphatic rings. The maximum Gasteiger partial charge on any atom is 0.574 e. The average molecular weight is 374 g/mol. The van der Waals surface area contributed by atoms with Crippen molar-refractivity contribution in [1.82, 2.24) is 4.98 Å². The van der Waals surface area contributed by atoms with Gasteiger partial charge < -0.3 is 4.74 Å². The summed E-state index contributed by atoms with van der Waals surface area (Å²) in [6.45, 7) is 0. The van der Waals surface area contributed by atoms with E-state index in [0.29, 0.717) is 0 Å². The van der Waals surface area contributed by atoms with Gasteiger partial charge in [-0.25, -0.2) is 13.8 Å². The summed E-state index contributed by atoms with van der Waals surface area (Å²) in [5.41, 5.74) is -4.03. The van der Waals surface area contributed by atoms with Crippen LogP contribution in [0.2, 0.25) is 0 Å². The van der Waals surface area contributed by atoms with Gasteiger partial charge in [-0.15, -0.1) is 13.2 Å². The number of nitrogens with zero attached hydrogens (tertiary/aromatic N) is 1. The molecule has 0 N–H and O–H groups in total. The second kappa shape index (κ2) is 5.70. The normalized spacial score (nSPS) is 12.9. The fourth-order valence-electron chi connectivity index (χ4n) is 1.24. The van der Waals surface area contributed by atoms with Crippen LogP contribution in [0.1, 0.15) is 23.2 Å². The topological polar surface area (TPSA) is 22.1 Å². The second-order valence-corrected chi connectivity index (χ2v) is 3.92. The Hall–Kier alpha value is -1.13. The summed E-state index contributed by atoms with van der Waals surface area (Å²) in [5.74, 6) is -1.60. The molecule has 1 aromatic heterocycles. The number of ether oxygens (including phenoxy) is 1. The lowest BCUT2D eigenvalue weighted by Crippen LogP contribution is -2.21. The Labute approximate surface area is 114 Å². The van der Waals surface area contributed by atoms with Crippen molar-refractivity contribution >= 4 is 15.9 Å². The van der Waals surface area contributed by atoms with Gasteiger partial charge in [-0.2, -0.15) is 13.2 Å². The molecule has 1 rings (SSSR count). The minimum atomic E-state index is -5.35. The lowest BCUT2D eigenvalue weighted by molar-refractivity contribution is -0.276. The lowest BCUT2D eigenvalue weighted by Gasteiger charge is -2.16. The smallest absolute Gasteiger partial charge is 0.387 e. The van der Waals surface area contributed by atoms with Gasteiger partial charge >= 0.3 is 12.5 Å². The Bertz CT molecular complexity index is 484. The van der Waals surface area contributed by atoms with Crippen LogP contribution < -0.4 is 4.74 Å². The number of hydrogen-bond acceptors (Lipinski definition) is 2. The quantitative estimate of drug-likeness (QED) is 0.559. The molecule has 20 heavy (non-hydrogen) atoms. The van der Waals surface area contributed by atoms with Gasteiger partial charge in [-0.05, 0) is 6.07 Å². The molecule has 0 aromatic carbocycles. The van der Waals surface area contributed by atoms with Crippen molar-refractivity contribution in [2.75, 3.05) is 0 Å². The molecule has 0 bridgehead atoms. The van der Waals surface area contributed by atoms with Gasteiger partial charge in [-0.1, -0.05) is 15.9 Å². The molecule has 0 unspecified atom stereocenters. The van der Waals surface area contributed by atoms with E-state index in [1.165, 1.54) is 0 Å². The molecule has 0 spiro atoms. The Morgan fingerprint density at radius 1 is 1.15 bits per heavy atom. The highest BCUT2D eigenvalue weighted by atomic mass is 79.9. The fourth-order valence-corrected chi connectivity index (χ4v) is 1.67. The molecule has 0 amide bonds. The van der Waals surface area contributed by atoms with Gasteiger partial charge in [0.2, 0.25) is 5.88 Å². The van der Waals surface area contributed by atoms with Gasteiger partial charge in [0.05, 0.1) is 16.8 Å². The third-order valence-corrected chi connectivity index (χ3v) is 2.50. The van der Waals surface area contributed by atoms with Gasteiger partial charge in [0.15, 0.2) is 0 Å². The predicted molar refractivity (Wildman–Crippen MR) is 53.5 cm³/mol. The SMILES string of the molecule is FC(F)c1cc(C(F)(F)F)c(CBr)nc1OC(F)(F)F. The van der Waals surface area contributed by atoms with Gasteiger partial charge in [0, 0.05) is 5.33 Å². The monoisotopic (exact) mass is 373 g/mol. The summed E-state index contributed by atoms with van der Waals surface area (Å²) < 4.78 is 102. The van der Waals surface area contributed by atoms with Crippen molar-refractivity contribution in [1.29, 1.82) is 0 Å². The molecule has 0 radical (unpaired) electrons. The zero-order chi connectivity index (χ0) is 15.7. The van der Waals surface area contributed by atoms with Crippen LogP contribution >= 0.6 is 15.9 Å². The van der Waals surface area contributed by atoms with Gasteiger partial charge in [0.1, 0.15) is 0 Å². The second-order valence-electron chi connectivity index (χ2n) is 3.36. The van der Waals surface area contributed by atoms with Crippen LogP contribution in [0, 0.1) is 0 Å². The maximum atomic E-state index is 12.6. The van der Waals surface area contributed by atoms with E-state index in [0.717, 1.165) is 0 Å². The Kier molecular flexibility index (Phi) is 4.82. The molecule has 1 aromatic rings. The number of pyridine rings is 1.